The van der Waals surface area contributed by atoms with Gasteiger partial charge in [0.25, 0.3) is 0 Å². The van der Waals surface area contributed by atoms with Crippen molar-refractivity contribution in [1.29, 1.82) is 0 Å². The summed E-state index contributed by atoms with van der Waals surface area (Å²) in [6.45, 7) is 17.2. The molecule has 1 rings (SSSR count). The third-order valence-corrected chi connectivity index (χ3v) is 6.11. The van der Waals surface area contributed by atoms with Crippen molar-refractivity contribution in [3.63, 3.8) is 0 Å². The predicted octanol–water partition coefficient (Wildman–Crippen LogP) is 5.96. The minimum absolute atomic E-state index is 0.0385. The van der Waals surface area contributed by atoms with Crippen LogP contribution >= 0.6 is 0 Å². The standard InChI is InChI=1S/C25H43NO2/c1-9-11-12-16-26-17-21-20(18(3)10-2)14-13-15-24(5,6)22(21)19(4)23(27)25(7,8)28/h13-14,17,19,22,26,28H,9-12,15-16H2,1-8H3/b20-18-,21-17?. The molecule has 0 aromatic rings. The first-order valence-electron chi connectivity index (χ1n) is 11.0. The summed E-state index contributed by atoms with van der Waals surface area (Å²) < 4.78 is 0. The number of unbranched alkanes of at least 4 members (excludes halogenated alkanes) is 2. The molecule has 160 valence electrons. The molecule has 0 amide bonds. The molecule has 3 heteroatoms. The van der Waals surface area contributed by atoms with E-state index in [1.54, 1.807) is 13.8 Å². The summed E-state index contributed by atoms with van der Waals surface area (Å²) in [5.74, 6) is -0.312. The Kier molecular flexibility index (Phi) is 9.20. The molecule has 0 aromatic carbocycles. The van der Waals surface area contributed by atoms with Gasteiger partial charge in [0.2, 0.25) is 0 Å². The summed E-state index contributed by atoms with van der Waals surface area (Å²) in [7, 11) is 0. The maximum atomic E-state index is 13.0. The maximum absolute atomic E-state index is 13.0. The SMILES string of the molecule is CCCCCNC=C1/C(=C(/C)CC)C=CCC(C)(C)C1C(C)C(=O)C(C)(C)O. The van der Waals surface area contributed by atoms with E-state index in [2.05, 4.69) is 58.3 Å². The molecule has 0 saturated heterocycles. The first-order chi connectivity index (χ1) is 13.0. The van der Waals surface area contributed by atoms with Crippen molar-refractivity contribution in [1.82, 2.24) is 5.32 Å². The molecule has 0 spiro atoms. The van der Waals surface area contributed by atoms with Gasteiger partial charge < -0.3 is 10.4 Å². The van der Waals surface area contributed by atoms with Crippen LogP contribution in [0.2, 0.25) is 0 Å². The van der Waals surface area contributed by atoms with Gasteiger partial charge in [0.15, 0.2) is 5.78 Å². The van der Waals surface area contributed by atoms with Crippen LogP contribution in [0.25, 0.3) is 0 Å². The first-order valence-corrected chi connectivity index (χ1v) is 11.0. The third-order valence-electron chi connectivity index (χ3n) is 6.11. The average molecular weight is 390 g/mol. The van der Waals surface area contributed by atoms with Gasteiger partial charge in [-0.05, 0) is 56.6 Å². The summed E-state index contributed by atoms with van der Waals surface area (Å²) in [6, 6.07) is 0. The molecular formula is C25H43NO2. The molecule has 1 aliphatic rings. The molecule has 0 bridgehead atoms. The Labute approximate surface area is 173 Å². The van der Waals surface area contributed by atoms with Crippen molar-refractivity contribution in [2.75, 3.05) is 6.54 Å². The second kappa shape index (κ2) is 10.4. The van der Waals surface area contributed by atoms with E-state index in [0.717, 1.165) is 25.8 Å². The van der Waals surface area contributed by atoms with Gasteiger partial charge in [0.05, 0.1) is 0 Å². The van der Waals surface area contributed by atoms with Gasteiger partial charge >= 0.3 is 0 Å². The number of hydrogen-bond acceptors (Lipinski definition) is 3. The average Bonchev–Trinajstić information content (AvgIpc) is 2.74. The monoisotopic (exact) mass is 389 g/mol. The summed E-state index contributed by atoms with van der Waals surface area (Å²) in [6.07, 6.45) is 12.1. The molecule has 0 aliphatic heterocycles. The lowest BCUT2D eigenvalue weighted by Gasteiger charge is -2.40. The zero-order valence-corrected chi connectivity index (χ0v) is 19.5. The molecular weight excluding hydrogens is 346 g/mol. The van der Waals surface area contributed by atoms with E-state index in [4.69, 9.17) is 0 Å². The molecule has 0 radical (unpaired) electrons. The second-order valence-electron chi connectivity index (χ2n) is 9.59. The van der Waals surface area contributed by atoms with Gasteiger partial charge in [-0.2, -0.15) is 0 Å². The normalized spacial score (nSPS) is 24.0. The fourth-order valence-corrected chi connectivity index (χ4v) is 4.35. The van der Waals surface area contributed by atoms with Gasteiger partial charge in [-0.15, -0.1) is 0 Å². The highest BCUT2D eigenvalue weighted by Gasteiger charge is 2.43. The summed E-state index contributed by atoms with van der Waals surface area (Å²) >= 11 is 0. The minimum atomic E-state index is -1.32. The van der Waals surface area contributed by atoms with Crippen LogP contribution in [-0.2, 0) is 4.79 Å². The Morgan fingerprint density at radius 3 is 2.54 bits per heavy atom. The van der Waals surface area contributed by atoms with Crippen molar-refractivity contribution in [2.24, 2.45) is 17.3 Å². The fourth-order valence-electron chi connectivity index (χ4n) is 4.35. The first kappa shape index (κ1) is 24.7. The van der Waals surface area contributed by atoms with Crippen molar-refractivity contribution in [2.45, 2.75) is 93.1 Å². The van der Waals surface area contributed by atoms with Crippen LogP contribution in [0.15, 0.2) is 35.1 Å². The Balaban J connectivity index is 3.43. The lowest BCUT2D eigenvalue weighted by molar-refractivity contribution is -0.140. The smallest absolute Gasteiger partial charge is 0.167 e. The van der Waals surface area contributed by atoms with Crippen LogP contribution in [-0.4, -0.2) is 23.0 Å². The summed E-state index contributed by atoms with van der Waals surface area (Å²) in [5.41, 5.74) is 2.39. The molecule has 2 N–H and O–H groups in total. The number of Topliss-reactive ketones (excluding diaryl/α,β-unsaturated/α-hetero) is 1. The molecule has 1 aliphatic carbocycles. The van der Waals surface area contributed by atoms with Gasteiger partial charge in [0, 0.05) is 24.6 Å². The second-order valence-corrected chi connectivity index (χ2v) is 9.59. The van der Waals surface area contributed by atoms with Crippen LogP contribution in [0.4, 0.5) is 0 Å². The van der Waals surface area contributed by atoms with Crippen molar-refractivity contribution in [3.05, 3.63) is 35.1 Å². The molecule has 0 fully saturated rings. The summed E-state index contributed by atoms with van der Waals surface area (Å²) in [4.78, 5) is 13.0. The fraction of sp³-hybridized carbons (Fsp3) is 0.720. The van der Waals surface area contributed by atoms with Crippen molar-refractivity contribution < 1.29 is 9.90 Å². The number of carbonyl (C=O) groups excluding carboxylic acids is 1. The molecule has 0 heterocycles. The molecule has 28 heavy (non-hydrogen) atoms. The molecule has 0 aromatic heterocycles. The third kappa shape index (κ3) is 6.34. The van der Waals surface area contributed by atoms with E-state index >= 15 is 0 Å². The highest BCUT2D eigenvalue weighted by molar-refractivity contribution is 5.89. The van der Waals surface area contributed by atoms with Crippen molar-refractivity contribution in [3.8, 4) is 0 Å². The Morgan fingerprint density at radius 2 is 2.00 bits per heavy atom. The Morgan fingerprint density at radius 1 is 1.36 bits per heavy atom. The van der Waals surface area contributed by atoms with E-state index in [1.807, 2.05) is 6.92 Å². The van der Waals surface area contributed by atoms with Gasteiger partial charge in [-0.1, -0.05) is 65.2 Å². The van der Waals surface area contributed by atoms with Gasteiger partial charge in [-0.25, -0.2) is 0 Å². The lowest BCUT2D eigenvalue weighted by Crippen LogP contribution is -2.43. The molecule has 0 saturated carbocycles. The zero-order valence-electron chi connectivity index (χ0n) is 19.5. The van der Waals surface area contributed by atoms with E-state index in [0.29, 0.717) is 0 Å². The number of allylic oxidation sites excluding steroid dienone is 5. The molecule has 2 unspecified atom stereocenters. The van der Waals surface area contributed by atoms with Gasteiger partial charge in [0.1, 0.15) is 5.60 Å². The van der Waals surface area contributed by atoms with Crippen LogP contribution in [0.1, 0.15) is 87.5 Å². The topological polar surface area (TPSA) is 49.3 Å². The van der Waals surface area contributed by atoms with E-state index in [-0.39, 0.29) is 23.0 Å². The highest BCUT2D eigenvalue weighted by Crippen LogP contribution is 2.47. The quantitative estimate of drug-likeness (QED) is 0.479. The maximum Gasteiger partial charge on any atom is 0.167 e. The zero-order chi connectivity index (χ0) is 21.5. The number of aliphatic hydroxyl groups is 1. The largest absolute Gasteiger partial charge is 0.391 e. The summed E-state index contributed by atoms with van der Waals surface area (Å²) in [5, 5.41) is 13.9. The van der Waals surface area contributed by atoms with Crippen LogP contribution in [0, 0.1) is 17.3 Å². The molecule has 2 atom stereocenters. The number of nitrogens with one attached hydrogen (secondary N) is 1. The minimum Gasteiger partial charge on any atom is -0.391 e. The Bertz CT molecular complexity index is 617. The lowest BCUT2D eigenvalue weighted by atomic mass is 9.64. The van der Waals surface area contributed by atoms with Crippen molar-refractivity contribution >= 4 is 5.78 Å². The van der Waals surface area contributed by atoms with Crippen LogP contribution in [0.5, 0.6) is 0 Å². The molecule has 3 nitrogen and oxygen atoms in total. The number of carbonyl (C=O) groups is 1. The number of rotatable bonds is 9. The van der Waals surface area contributed by atoms with Crippen LogP contribution in [0.3, 0.4) is 0 Å². The van der Waals surface area contributed by atoms with Crippen LogP contribution < -0.4 is 5.32 Å². The van der Waals surface area contributed by atoms with Gasteiger partial charge in [-0.3, -0.25) is 4.79 Å². The van der Waals surface area contributed by atoms with E-state index in [9.17, 15) is 9.90 Å². The number of hydrogen-bond donors (Lipinski definition) is 2. The Hall–Kier alpha value is -1.35. The number of ketones is 1. The van der Waals surface area contributed by atoms with E-state index < -0.39 is 5.60 Å². The van der Waals surface area contributed by atoms with E-state index in [1.165, 1.54) is 29.6 Å². The highest BCUT2D eigenvalue weighted by atomic mass is 16.3. The predicted molar refractivity (Wildman–Crippen MR) is 120 cm³/mol.